The highest BCUT2D eigenvalue weighted by molar-refractivity contribution is 5.94. The van der Waals surface area contributed by atoms with Crippen LogP contribution in [0.15, 0.2) is 48.5 Å². The molecule has 2 saturated heterocycles. The summed E-state index contributed by atoms with van der Waals surface area (Å²) in [6.07, 6.45) is -0.399. The van der Waals surface area contributed by atoms with Gasteiger partial charge in [-0.15, -0.1) is 0 Å². The van der Waals surface area contributed by atoms with Crippen LogP contribution < -0.4 is 21.3 Å². The van der Waals surface area contributed by atoms with Gasteiger partial charge in [-0.2, -0.15) is 0 Å². The van der Waals surface area contributed by atoms with Crippen molar-refractivity contribution in [1.29, 1.82) is 0 Å². The van der Waals surface area contributed by atoms with Crippen LogP contribution in [0.5, 0.6) is 0 Å². The molecule has 0 aromatic heterocycles. The van der Waals surface area contributed by atoms with Gasteiger partial charge in [-0.25, -0.2) is 9.59 Å². The number of hydrogen-bond acceptors (Lipinski definition) is 8. The van der Waals surface area contributed by atoms with E-state index in [9.17, 15) is 19.2 Å². The molecular formula is C27H34N6O6. The second kappa shape index (κ2) is 12.9. The summed E-state index contributed by atoms with van der Waals surface area (Å²) < 4.78 is 10.7. The number of ether oxygens (including phenoxy) is 2. The van der Waals surface area contributed by atoms with Gasteiger partial charge in [0.2, 0.25) is 11.8 Å². The summed E-state index contributed by atoms with van der Waals surface area (Å²) in [6.45, 7) is 4.71. The first-order chi connectivity index (χ1) is 18.8. The maximum absolute atomic E-state index is 12.4. The Bertz CT molecular complexity index is 1100. The van der Waals surface area contributed by atoms with Gasteiger partial charge in [0.1, 0.15) is 0 Å². The van der Waals surface area contributed by atoms with E-state index in [1.165, 1.54) is 0 Å². The second-order valence-corrected chi connectivity index (χ2v) is 9.36. The van der Waals surface area contributed by atoms with Crippen molar-refractivity contribution in [3.63, 3.8) is 0 Å². The van der Waals surface area contributed by atoms with Gasteiger partial charge in [-0.05, 0) is 36.4 Å². The van der Waals surface area contributed by atoms with Gasteiger partial charge >= 0.3 is 12.2 Å². The quantitative estimate of drug-likeness (QED) is 0.480. The summed E-state index contributed by atoms with van der Waals surface area (Å²) in [6, 6.07) is 14.2. The van der Waals surface area contributed by atoms with E-state index >= 15 is 0 Å². The number of primary amides is 2. The third-order valence-electron chi connectivity index (χ3n) is 6.81. The first-order valence-electron chi connectivity index (χ1n) is 12.9. The van der Waals surface area contributed by atoms with Gasteiger partial charge in [0, 0.05) is 81.3 Å². The van der Waals surface area contributed by atoms with Crippen molar-refractivity contribution >= 4 is 35.4 Å². The molecule has 0 bridgehead atoms. The lowest BCUT2D eigenvalue weighted by molar-refractivity contribution is 0.0775. The van der Waals surface area contributed by atoms with Crippen LogP contribution in [0.2, 0.25) is 0 Å². The van der Waals surface area contributed by atoms with E-state index in [1.807, 2.05) is 12.1 Å². The number of benzene rings is 2. The predicted octanol–water partition coefficient (Wildman–Crippen LogP) is 1.49. The molecule has 4 N–H and O–H groups in total. The van der Waals surface area contributed by atoms with Crippen molar-refractivity contribution in [2.75, 3.05) is 75.4 Å². The van der Waals surface area contributed by atoms with Crippen LogP contribution >= 0.6 is 0 Å². The van der Waals surface area contributed by atoms with E-state index in [1.54, 1.807) is 46.2 Å². The Morgan fingerprint density at radius 2 is 1.00 bits per heavy atom. The lowest BCUT2D eigenvalue weighted by atomic mass is 10.1. The smallest absolute Gasteiger partial charge is 0.409 e. The molecule has 12 nitrogen and oxygen atoms in total. The van der Waals surface area contributed by atoms with Gasteiger partial charge in [0.25, 0.3) is 0 Å². The number of nitrogens with two attached hydrogens (primary N) is 2. The van der Waals surface area contributed by atoms with Gasteiger partial charge in [-0.3, -0.25) is 9.59 Å². The summed E-state index contributed by atoms with van der Waals surface area (Å²) in [5.41, 5.74) is 13.4. The number of hydrogen-bond donors (Lipinski definition) is 2. The fraction of sp³-hybridized carbons (Fsp3) is 0.407. The average Bonchev–Trinajstić information content (AvgIpc) is 2.97. The van der Waals surface area contributed by atoms with Crippen molar-refractivity contribution in [2.24, 2.45) is 11.5 Å². The van der Waals surface area contributed by atoms with E-state index in [0.717, 1.165) is 11.4 Å². The van der Waals surface area contributed by atoms with Crippen LogP contribution in [0.25, 0.3) is 0 Å². The molecule has 0 radical (unpaired) electrons. The third-order valence-corrected chi connectivity index (χ3v) is 6.81. The fourth-order valence-corrected chi connectivity index (χ4v) is 4.57. The summed E-state index contributed by atoms with van der Waals surface area (Å²) in [4.78, 5) is 55.1. The number of rotatable bonds is 8. The minimum atomic E-state index is -0.475. The minimum absolute atomic E-state index is 0.150. The monoisotopic (exact) mass is 538 g/mol. The fourth-order valence-electron chi connectivity index (χ4n) is 4.57. The Hall–Kier alpha value is -4.48. The molecule has 0 atom stereocenters. The molecule has 4 amide bonds. The summed E-state index contributed by atoms with van der Waals surface area (Å²) in [5.74, 6) is -0.950. The summed E-state index contributed by atoms with van der Waals surface area (Å²) in [5, 5.41) is 0. The molecule has 208 valence electrons. The maximum atomic E-state index is 12.4. The molecular weight excluding hydrogens is 504 g/mol. The second-order valence-electron chi connectivity index (χ2n) is 9.36. The van der Waals surface area contributed by atoms with E-state index in [-0.39, 0.29) is 13.2 Å². The number of piperazine rings is 2. The standard InChI is InChI=1S/C27H34N6O6/c28-24(34)20-4-1-6-22(18-20)30-8-12-32(13-9-30)26(36)38-16-3-17-39-27(37)33-14-10-31(11-15-33)23-7-2-5-21(19-23)25(29)35/h1-2,4-7,18-19H,3,8-17H2,(H2,28,34)(H2,29,35). The number of anilines is 2. The van der Waals surface area contributed by atoms with Crippen LogP contribution in [-0.4, -0.2) is 99.4 Å². The highest BCUT2D eigenvalue weighted by Crippen LogP contribution is 2.20. The van der Waals surface area contributed by atoms with Gasteiger partial charge in [0.15, 0.2) is 0 Å². The molecule has 2 fully saturated rings. The highest BCUT2D eigenvalue weighted by Gasteiger charge is 2.24. The molecule has 12 heteroatoms. The first-order valence-corrected chi connectivity index (χ1v) is 12.9. The van der Waals surface area contributed by atoms with Crippen molar-refractivity contribution < 1.29 is 28.7 Å². The largest absolute Gasteiger partial charge is 0.449 e. The Morgan fingerprint density at radius 1 is 0.615 bits per heavy atom. The summed E-state index contributed by atoms with van der Waals surface area (Å²) >= 11 is 0. The molecule has 2 aromatic carbocycles. The van der Waals surface area contributed by atoms with Crippen LogP contribution in [0.1, 0.15) is 27.1 Å². The molecule has 39 heavy (non-hydrogen) atoms. The average molecular weight is 539 g/mol. The third kappa shape index (κ3) is 7.30. The van der Waals surface area contributed by atoms with Gasteiger partial charge in [-0.1, -0.05) is 12.1 Å². The van der Waals surface area contributed by atoms with E-state index in [4.69, 9.17) is 20.9 Å². The number of carbonyl (C=O) groups is 4. The maximum Gasteiger partial charge on any atom is 0.409 e. The number of nitrogens with zero attached hydrogens (tertiary/aromatic N) is 4. The van der Waals surface area contributed by atoms with E-state index in [2.05, 4.69) is 9.80 Å². The Kier molecular flexibility index (Phi) is 9.08. The zero-order valence-corrected chi connectivity index (χ0v) is 21.8. The zero-order chi connectivity index (χ0) is 27.8. The Morgan fingerprint density at radius 3 is 1.36 bits per heavy atom. The van der Waals surface area contributed by atoms with Crippen molar-refractivity contribution in [2.45, 2.75) is 6.42 Å². The molecule has 0 spiro atoms. The predicted molar refractivity (Wildman–Crippen MR) is 145 cm³/mol. The number of carbonyl (C=O) groups excluding carboxylic acids is 4. The highest BCUT2D eigenvalue weighted by atomic mass is 16.6. The minimum Gasteiger partial charge on any atom is -0.449 e. The van der Waals surface area contributed by atoms with E-state index < -0.39 is 24.0 Å². The van der Waals surface area contributed by atoms with Crippen LogP contribution in [0.4, 0.5) is 21.0 Å². The topological polar surface area (TPSA) is 152 Å². The van der Waals surface area contributed by atoms with Crippen molar-refractivity contribution in [1.82, 2.24) is 9.80 Å². The van der Waals surface area contributed by atoms with Gasteiger partial charge in [0.05, 0.1) is 13.2 Å². The molecule has 2 heterocycles. The number of amides is 4. The first kappa shape index (κ1) is 27.6. The van der Waals surface area contributed by atoms with Crippen molar-refractivity contribution in [3.05, 3.63) is 59.7 Å². The van der Waals surface area contributed by atoms with Crippen LogP contribution in [-0.2, 0) is 9.47 Å². The molecule has 0 aliphatic carbocycles. The molecule has 4 rings (SSSR count). The lowest BCUT2D eigenvalue weighted by Crippen LogP contribution is -2.49. The molecule has 2 aromatic rings. The normalized spacial score (nSPS) is 15.6. The molecule has 2 aliphatic rings. The van der Waals surface area contributed by atoms with Crippen LogP contribution in [0, 0.1) is 0 Å². The van der Waals surface area contributed by atoms with Crippen LogP contribution in [0.3, 0.4) is 0 Å². The Labute approximate surface area is 227 Å². The SMILES string of the molecule is NC(=O)c1cccc(N2CCN(C(=O)OCCCOC(=O)N3CCN(c4cccc(C(N)=O)c4)CC3)CC2)c1. The molecule has 0 unspecified atom stereocenters. The molecule has 0 saturated carbocycles. The molecule has 2 aliphatic heterocycles. The van der Waals surface area contributed by atoms with Crippen molar-refractivity contribution in [3.8, 4) is 0 Å². The Balaban J connectivity index is 1.10. The summed E-state index contributed by atoms with van der Waals surface area (Å²) in [7, 11) is 0. The van der Waals surface area contributed by atoms with E-state index in [0.29, 0.717) is 69.9 Å². The lowest BCUT2D eigenvalue weighted by Gasteiger charge is -2.35. The zero-order valence-electron chi connectivity index (χ0n) is 21.8. The van der Waals surface area contributed by atoms with Gasteiger partial charge < -0.3 is 40.5 Å².